The summed E-state index contributed by atoms with van der Waals surface area (Å²) in [7, 11) is -3.25. The monoisotopic (exact) mass is 271 g/mol. The van der Waals surface area contributed by atoms with Crippen molar-refractivity contribution in [2.45, 2.75) is 15.8 Å². The SMILES string of the molecule is O=S(=O)(c1ccccc1)C1N2CC12c1ccccc1. The molecule has 0 bridgehead atoms. The zero-order chi connectivity index (χ0) is 13.1. The smallest absolute Gasteiger partial charge is 0.196 e. The molecule has 0 spiro atoms. The minimum absolute atomic E-state index is 0.240. The molecule has 2 aliphatic rings. The molecule has 2 fully saturated rings. The maximum absolute atomic E-state index is 12.6. The number of hydrogen-bond donors (Lipinski definition) is 0. The highest BCUT2D eigenvalue weighted by atomic mass is 32.2. The van der Waals surface area contributed by atoms with Crippen LogP contribution in [-0.2, 0) is 15.4 Å². The van der Waals surface area contributed by atoms with Crippen molar-refractivity contribution in [2.75, 3.05) is 6.54 Å². The van der Waals surface area contributed by atoms with E-state index >= 15 is 0 Å². The number of fused-ring (bicyclic) bond motifs is 1. The molecule has 19 heavy (non-hydrogen) atoms. The second-order valence-corrected chi connectivity index (χ2v) is 7.14. The molecule has 0 aromatic heterocycles. The van der Waals surface area contributed by atoms with Gasteiger partial charge in [-0.1, -0.05) is 48.5 Å². The van der Waals surface area contributed by atoms with E-state index in [-0.39, 0.29) is 10.9 Å². The lowest BCUT2D eigenvalue weighted by Crippen LogP contribution is -2.24. The predicted molar refractivity (Wildman–Crippen MR) is 72.2 cm³/mol. The Morgan fingerprint density at radius 1 is 0.947 bits per heavy atom. The molecule has 4 heteroatoms. The van der Waals surface area contributed by atoms with Crippen LogP contribution in [0.1, 0.15) is 5.56 Å². The van der Waals surface area contributed by atoms with Crippen LogP contribution in [0.4, 0.5) is 0 Å². The fourth-order valence-corrected chi connectivity index (χ4v) is 5.11. The summed E-state index contributed by atoms with van der Waals surface area (Å²) in [6.07, 6.45) is 0. The van der Waals surface area contributed by atoms with Gasteiger partial charge >= 0.3 is 0 Å². The van der Waals surface area contributed by atoms with Gasteiger partial charge < -0.3 is 0 Å². The quantitative estimate of drug-likeness (QED) is 0.801. The molecule has 2 heterocycles. The van der Waals surface area contributed by atoms with Gasteiger partial charge in [0.2, 0.25) is 0 Å². The molecule has 3 unspecified atom stereocenters. The van der Waals surface area contributed by atoms with Crippen LogP contribution in [0.3, 0.4) is 0 Å². The van der Waals surface area contributed by atoms with E-state index < -0.39 is 9.84 Å². The first-order chi connectivity index (χ1) is 9.17. The van der Waals surface area contributed by atoms with E-state index in [1.807, 2.05) is 41.3 Å². The van der Waals surface area contributed by atoms with Crippen molar-refractivity contribution in [3.63, 3.8) is 0 Å². The first-order valence-corrected chi connectivity index (χ1v) is 7.83. The Labute approximate surface area is 112 Å². The third-order valence-corrected chi connectivity index (χ3v) is 6.25. The maximum atomic E-state index is 12.6. The molecule has 0 saturated carbocycles. The molecular formula is C15H13NO2S. The number of nitrogens with zero attached hydrogens (tertiary/aromatic N) is 1. The third kappa shape index (κ3) is 1.38. The number of rotatable bonds is 3. The molecule has 2 aromatic rings. The van der Waals surface area contributed by atoms with Crippen LogP contribution in [0, 0.1) is 0 Å². The van der Waals surface area contributed by atoms with E-state index in [1.54, 1.807) is 24.3 Å². The van der Waals surface area contributed by atoms with Crippen molar-refractivity contribution >= 4 is 9.84 Å². The standard InChI is InChI=1S/C15H13NO2S/c17-19(18,13-9-5-2-6-10-13)14-15(11-16(14)15)12-7-3-1-4-8-12/h1-10,14H,11H2. The summed E-state index contributed by atoms with van der Waals surface area (Å²) < 4.78 is 25.1. The first kappa shape index (κ1) is 11.2. The highest BCUT2D eigenvalue weighted by Crippen LogP contribution is 2.66. The normalized spacial score (nSPS) is 31.6. The summed E-state index contributed by atoms with van der Waals surface area (Å²) >= 11 is 0. The van der Waals surface area contributed by atoms with Gasteiger partial charge in [0.15, 0.2) is 9.84 Å². The number of sulfone groups is 1. The molecule has 2 saturated heterocycles. The second kappa shape index (κ2) is 3.46. The molecule has 0 N–H and O–H groups in total. The van der Waals surface area contributed by atoms with Crippen molar-refractivity contribution in [1.29, 1.82) is 0 Å². The summed E-state index contributed by atoms with van der Waals surface area (Å²) in [5.74, 6) is 0. The van der Waals surface area contributed by atoms with Crippen LogP contribution in [0.2, 0.25) is 0 Å². The van der Waals surface area contributed by atoms with Gasteiger partial charge in [-0.05, 0) is 17.7 Å². The summed E-state index contributed by atoms with van der Waals surface area (Å²) in [6, 6.07) is 18.6. The van der Waals surface area contributed by atoms with E-state index in [2.05, 4.69) is 0 Å². The predicted octanol–water partition coefficient (Wildman–Crippen LogP) is 2.01. The van der Waals surface area contributed by atoms with Gasteiger partial charge in [-0.15, -0.1) is 0 Å². The molecular weight excluding hydrogens is 258 g/mol. The molecule has 96 valence electrons. The van der Waals surface area contributed by atoms with E-state index in [4.69, 9.17) is 0 Å². The molecule has 0 amide bonds. The first-order valence-electron chi connectivity index (χ1n) is 6.28. The van der Waals surface area contributed by atoms with Gasteiger partial charge in [0.25, 0.3) is 0 Å². The molecule has 4 rings (SSSR count). The fraction of sp³-hybridized carbons (Fsp3) is 0.200. The van der Waals surface area contributed by atoms with Gasteiger partial charge in [-0.25, -0.2) is 8.42 Å². The fourth-order valence-electron chi connectivity index (χ4n) is 2.92. The van der Waals surface area contributed by atoms with Gasteiger partial charge in [0.1, 0.15) is 5.37 Å². The zero-order valence-electron chi connectivity index (χ0n) is 10.2. The molecule has 3 atom stereocenters. The number of benzene rings is 2. The van der Waals surface area contributed by atoms with Crippen molar-refractivity contribution in [2.24, 2.45) is 0 Å². The lowest BCUT2D eigenvalue weighted by atomic mass is 10.0. The minimum atomic E-state index is -3.25. The Morgan fingerprint density at radius 2 is 1.53 bits per heavy atom. The highest BCUT2D eigenvalue weighted by Gasteiger charge is 2.82. The van der Waals surface area contributed by atoms with E-state index in [0.29, 0.717) is 4.90 Å². The molecule has 0 aliphatic carbocycles. The Morgan fingerprint density at radius 3 is 2.11 bits per heavy atom. The van der Waals surface area contributed by atoms with E-state index in [0.717, 1.165) is 12.1 Å². The Kier molecular flexibility index (Phi) is 2.04. The molecule has 2 aromatic carbocycles. The van der Waals surface area contributed by atoms with Crippen LogP contribution in [0.15, 0.2) is 65.6 Å². The average Bonchev–Trinajstić information content (AvgIpc) is 3.30. The van der Waals surface area contributed by atoms with Crippen molar-refractivity contribution < 1.29 is 8.42 Å². The zero-order valence-corrected chi connectivity index (χ0v) is 11.0. The summed E-state index contributed by atoms with van der Waals surface area (Å²) in [5.41, 5.74) is 0.871. The van der Waals surface area contributed by atoms with Crippen LogP contribution in [-0.4, -0.2) is 25.2 Å². The lowest BCUT2D eigenvalue weighted by molar-refractivity contribution is 0.573. The summed E-state index contributed by atoms with van der Waals surface area (Å²) in [5, 5.41) is -0.371. The van der Waals surface area contributed by atoms with Gasteiger partial charge in [0.05, 0.1) is 10.4 Å². The Balaban J connectivity index is 1.72. The van der Waals surface area contributed by atoms with Crippen LogP contribution in [0.25, 0.3) is 0 Å². The van der Waals surface area contributed by atoms with Crippen molar-refractivity contribution in [1.82, 2.24) is 4.90 Å². The van der Waals surface area contributed by atoms with E-state index in [9.17, 15) is 8.42 Å². The van der Waals surface area contributed by atoms with Gasteiger partial charge in [0, 0.05) is 6.54 Å². The largest absolute Gasteiger partial charge is 0.269 e. The topological polar surface area (TPSA) is 37.1 Å². The lowest BCUT2D eigenvalue weighted by Gasteiger charge is -2.10. The maximum Gasteiger partial charge on any atom is 0.196 e. The third-order valence-electron chi connectivity index (χ3n) is 4.08. The highest BCUT2D eigenvalue weighted by molar-refractivity contribution is 7.92. The van der Waals surface area contributed by atoms with Crippen LogP contribution < -0.4 is 0 Å². The number of hydrogen-bond acceptors (Lipinski definition) is 3. The van der Waals surface area contributed by atoms with Crippen LogP contribution >= 0.6 is 0 Å². The van der Waals surface area contributed by atoms with Crippen molar-refractivity contribution in [3.05, 3.63) is 66.2 Å². The molecule has 2 aliphatic heterocycles. The second-order valence-electron chi connectivity index (χ2n) is 5.13. The molecule has 0 radical (unpaired) electrons. The minimum Gasteiger partial charge on any atom is -0.269 e. The van der Waals surface area contributed by atoms with Crippen LogP contribution in [0.5, 0.6) is 0 Å². The van der Waals surface area contributed by atoms with Gasteiger partial charge in [-0.3, -0.25) is 4.90 Å². The average molecular weight is 271 g/mol. The Hall–Kier alpha value is -1.65. The molecule has 3 nitrogen and oxygen atoms in total. The van der Waals surface area contributed by atoms with E-state index in [1.165, 1.54) is 0 Å². The van der Waals surface area contributed by atoms with Gasteiger partial charge in [-0.2, -0.15) is 0 Å². The summed E-state index contributed by atoms with van der Waals surface area (Å²) in [6.45, 7) is 0.855. The summed E-state index contributed by atoms with van der Waals surface area (Å²) in [4.78, 5) is 2.45. The van der Waals surface area contributed by atoms with Crippen molar-refractivity contribution in [3.8, 4) is 0 Å². The Bertz CT molecular complexity index is 727.